The van der Waals surface area contributed by atoms with Gasteiger partial charge in [-0.25, -0.2) is 4.79 Å². The second-order valence-corrected chi connectivity index (χ2v) is 4.54. The molecule has 2 rings (SSSR count). The maximum Gasteiger partial charge on any atom is 0.341 e. The van der Waals surface area contributed by atoms with E-state index in [1.165, 1.54) is 10.6 Å². The number of carbonyl (C=O) groups is 1. The summed E-state index contributed by atoms with van der Waals surface area (Å²) in [6.45, 7) is 0.417. The standard InChI is InChI=1S/C14H12ClNO3/c15-11-4-1-3-10(9-11)6-8-16-7-2-5-12(13(16)17)14(18)19/h1-5,7,9H,6,8H2,(H,18,19). The average molecular weight is 278 g/mol. The molecule has 0 unspecified atom stereocenters. The third kappa shape index (κ3) is 3.23. The Kier molecular flexibility index (Phi) is 4.02. The van der Waals surface area contributed by atoms with Crippen molar-refractivity contribution in [2.75, 3.05) is 0 Å². The molecular weight excluding hydrogens is 266 g/mol. The summed E-state index contributed by atoms with van der Waals surface area (Å²) in [6.07, 6.45) is 2.20. The second kappa shape index (κ2) is 5.71. The van der Waals surface area contributed by atoms with Crippen molar-refractivity contribution < 1.29 is 9.90 Å². The van der Waals surface area contributed by atoms with Gasteiger partial charge in [0.2, 0.25) is 0 Å². The normalized spacial score (nSPS) is 10.4. The van der Waals surface area contributed by atoms with Crippen LogP contribution in [0.25, 0.3) is 0 Å². The molecule has 4 nitrogen and oxygen atoms in total. The first-order chi connectivity index (χ1) is 9.08. The second-order valence-electron chi connectivity index (χ2n) is 4.11. The lowest BCUT2D eigenvalue weighted by atomic mass is 10.1. The van der Waals surface area contributed by atoms with Crippen LogP contribution in [-0.2, 0) is 13.0 Å². The molecule has 0 saturated carbocycles. The zero-order chi connectivity index (χ0) is 13.8. The van der Waals surface area contributed by atoms with Crippen LogP contribution in [0.15, 0.2) is 47.4 Å². The van der Waals surface area contributed by atoms with E-state index in [-0.39, 0.29) is 5.56 Å². The summed E-state index contributed by atoms with van der Waals surface area (Å²) >= 11 is 5.88. The van der Waals surface area contributed by atoms with Gasteiger partial charge >= 0.3 is 5.97 Å². The lowest BCUT2D eigenvalue weighted by molar-refractivity contribution is 0.0694. The molecule has 1 aromatic heterocycles. The molecule has 0 amide bonds. The largest absolute Gasteiger partial charge is 0.477 e. The van der Waals surface area contributed by atoms with Crippen molar-refractivity contribution in [2.24, 2.45) is 0 Å². The molecule has 0 radical (unpaired) electrons. The van der Waals surface area contributed by atoms with E-state index in [2.05, 4.69) is 0 Å². The molecule has 2 aromatic rings. The third-order valence-electron chi connectivity index (χ3n) is 2.78. The lowest BCUT2D eigenvalue weighted by Gasteiger charge is -2.06. The molecule has 0 aliphatic heterocycles. The Bertz CT molecular complexity index is 664. The fraction of sp³-hybridized carbons (Fsp3) is 0.143. The zero-order valence-corrected chi connectivity index (χ0v) is 10.8. The van der Waals surface area contributed by atoms with Gasteiger partial charge in [0.25, 0.3) is 5.56 Å². The number of aromatic carboxylic acids is 1. The van der Waals surface area contributed by atoms with E-state index in [1.807, 2.05) is 18.2 Å². The van der Waals surface area contributed by atoms with Gasteiger partial charge in [0.1, 0.15) is 5.56 Å². The fourth-order valence-electron chi connectivity index (χ4n) is 1.82. The van der Waals surface area contributed by atoms with Crippen molar-refractivity contribution in [3.63, 3.8) is 0 Å². The van der Waals surface area contributed by atoms with Gasteiger partial charge in [-0.2, -0.15) is 0 Å². The minimum Gasteiger partial charge on any atom is -0.477 e. The zero-order valence-electron chi connectivity index (χ0n) is 10.0. The minimum absolute atomic E-state index is 0.214. The van der Waals surface area contributed by atoms with Crippen LogP contribution >= 0.6 is 11.6 Å². The van der Waals surface area contributed by atoms with Crippen molar-refractivity contribution in [3.8, 4) is 0 Å². The Labute approximate surface area is 114 Å². The number of hydrogen-bond acceptors (Lipinski definition) is 2. The Morgan fingerprint density at radius 1 is 1.26 bits per heavy atom. The summed E-state index contributed by atoms with van der Waals surface area (Å²) in [5.74, 6) is -1.21. The summed E-state index contributed by atoms with van der Waals surface area (Å²) < 4.78 is 1.39. The quantitative estimate of drug-likeness (QED) is 0.934. The summed E-state index contributed by atoms with van der Waals surface area (Å²) in [4.78, 5) is 22.7. The van der Waals surface area contributed by atoms with Crippen LogP contribution in [0.4, 0.5) is 0 Å². The summed E-state index contributed by atoms with van der Waals surface area (Å²) in [6, 6.07) is 10.2. The van der Waals surface area contributed by atoms with Crippen molar-refractivity contribution >= 4 is 17.6 Å². The molecule has 0 spiro atoms. The van der Waals surface area contributed by atoms with Crippen molar-refractivity contribution in [2.45, 2.75) is 13.0 Å². The average Bonchev–Trinajstić information content (AvgIpc) is 2.37. The van der Waals surface area contributed by atoms with E-state index < -0.39 is 11.5 Å². The van der Waals surface area contributed by atoms with Crippen LogP contribution in [0.3, 0.4) is 0 Å². The molecule has 1 N–H and O–H groups in total. The monoisotopic (exact) mass is 277 g/mol. The first-order valence-electron chi connectivity index (χ1n) is 5.75. The fourth-order valence-corrected chi connectivity index (χ4v) is 2.03. The molecular formula is C14H12ClNO3. The molecule has 0 fully saturated rings. The molecule has 0 atom stereocenters. The minimum atomic E-state index is -1.21. The summed E-state index contributed by atoms with van der Waals surface area (Å²) in [7, 11) is 0. The van der Waals surface area contributed by atoms with Crippen LogP contribution in [0.5, 0.6) is 0 Å². The van der Waals surface area contributed by atoms with E-state index >= 15 is 0 Å². The molecule has 0 saturated heterocycles. The number of aryl methyl sites for hydroxylation is 2. The number of carboxylic acids is 1. The van der Waals surface area contributed by atoms with Crippen LogP contribution in [0.2, 0.25) is 5.02 Å². The van der Waals surface area contributed by atoms with Crippen LogP contribution in [0, 0.1) is 0 Å². The van der Waals surface area contributed by atoms with E-state index in [0.29, 0.717) is 18.0 Å². The van der Waals surface area contributed by atoms with Crippen molar-refractivity contribution in [3.05, 3.63) is 69.1 Å². The van der Waals surface area contributed by atoms with E-state index in [4.69, 9.17) is 16.7 Å². The van der Waals surface area contributed by atoms with Gasteiger partial charge in [-0.05, 0) is 36.2 Å². The van der Waals surface area contributed by atoms with Gasteiger partial charge in [0, 0.05) is 17.8 Å². The predicted octanol–water partition coefficient (Wildman–Crippen LogP) is 2.44. The molecule has 5 heteroatoms. The number of rotatable bonds is 4. The van der Waals surface area contributed by atoms with Gasteiger partial charge in [0.05, 0.1) is 0 Å². The van der Waals surface area contributed by atoms with E-state index in [1.54, 1.807) is 18.3 Å². The number of benzene rings is 1. The number of aromatic nitrogens is 1. The Morgan fingerprint density at radius 2 is 2.05 bits per heavy atom. The van der Waals surface area contributed by atoms with Gasteiger partial charge < -0.3 is 9.67 Å². The highest BCUT2D eigenvalue weighted by atomic mass is 35.5. The number of hydrogen-bond donors (Lipinski definition) is 1. The molecule has 1 heterocycles. The number of halogens is 1. The molecule has 1 aromatic carbocycles. The highest BCUT2D eigenvalue weighted by Crippen LogP contribution is 2.11. The van der Waals surface area contributed by atoms with Crippen molar-refractivity contribution in [1.82, 2.24) is 4.57 Å². The van der Waals surface area contributed by atoms with Crippen molar-refractivity contribution in [1.29, 1.82) is 0 Å². The van der Waals surface area contributed by atoms with E-state index in [9.17, 15) is 9.59 Å². The van der Waals surface area contributed by atoms with Crippen LogP contribution in [0.1, 0.15) is 15.9 Å². The first kappa shape index (κ1) is 13.4. The number of pyridine rings is 1. The predicted molar refractivity (Wildman–Crippen MR) is 72.8 cm³/mol. The van der Waals surface area contributed by atoms with Crippen LogP contribution < -0.4 is 5.56 Å². The molecule has 0 aliphatic rings. The summed E-state index contributed by atoms with van der Waals surface area (Å²) in [5, 5.41) is 9.52. The molecule has 0 bridgehead atoms. The molecule has 0 aliphatic carbocycles. The molecule has 19 heavy (non-hydrogen) atoms. The van der Waals surface area contributed by atoms with Gasteiger partial charge in [-0.1, -0.05) is 23.7 Å². The molecule has 98 valence electrons. The Hall–Kier alpha value is -2.07. The Balaban J connectivity index is 2.19. The number of nitrogens with zero attached hydrogens (tertiary/aromatic N) is 1. The summed E-state index contributed by atoms with van der Waals surface area (Å²) in [5.41, 5.74) is 0.297. The highest BCUT2D eigenvalue weighted by Gasteiger charge is 2.09. The lowest BCUT2D eigenvalue weighted by Crippen LogP contribution is -2.26. The first-order valence-corrected chi connectivity index (χ1v) is 6.13. The highest BCUT2D eigenvalue weighted by molar-refractivity contribution is 6.30. The van der Waals surface area contributed by atoms with Gasteiger partial charge in [-0.3, -0.25) is 4.79 Å². The maximum atomic E-state index is 11.9. The van der Waals surface area contributed by atoms with Crippen LogP contribution in [-0.4, -0.2) is 15.6 Å². The van der Waals surface area contributed by atoms with E-state index in [0.717, 1.165) is 5.56 Å². The number of carboxylic acid groups (broad SMARTS) is 1. The topological polar surface area (TPSA) is 59.3 Å². The van der Waals surface area contributed by atoms with Gasteiger partial charge in [0.15, 0.2) is 0 Å². The maximum absolute atomic E-state index is 11.9. The van der Waals surface area contributed by atoms with Gasteiger partial charge in [-0.15, -0.1) is 0 Å². The SMILES string of the molecule is O=C(O)c1cccn(CCc2cccc(Cl)c2)c1=O. The smallest absolute Gasteiger partial charge is 0.341 e. The third-order valence-corrected chi connectivity index (χ3v) is 3.02. The Morgan fingerprint density at radius 3 is 2.74 bits per heavy atom.